The molecular weight excluding hydrogens is 202 g/mol. The zero-order valence-corrected chi connectivity index (χ0v) is 10.00. The lowest BCUT2D eigenvalue weighted by molar-refractivity contribution is -0.0160. The first-order valence-electron chi connectivity index (χ1n) is 6.28. The number of furan rings is 1. The number of rotatable bonds is 7. The summed E-state index contributed by atoms with van der Waals surface area (Å²) >= 11 is 0. The highest BCUT2D eigenvalue weighted by atomic mass is 16.5. The predicted octanol–water partition coefficient (Wildman–Crippen LogP) is 2.85. The maximum absolute atomic E-state index is 5.69. The molecule has 1 aliphatic carbocycles. The molecule has 16 heavy (non-hydrogen) atoms. The third kappa shape index (κ3) is 3.35. The van der Waals surface area contributed by atoms with Gasteiger partial charge in [-0.3, -0.25) is 0 Å². The van der Waals surface area contributed by atoms with E-state index < -0.39 is 0 Å². The van der Waals surface area contributed by atoms with E-state index in [0.29, 0.717) is 12.7 Å². The van der Waals surface area contributed by atoms with Gasteiger partial charge < -0.3 is 14.5 Å². The van der Waals surface area contributed by atoms with Crippen LogP contribution in [0.1, 0.15) is 44.1 Å². The predicted molar refractivity (Wildman–Crippen MR) is 63.1 cm³/mol. The first-order valence-corrected chi connectivity index (χ1v) is 6.28. The van der Waals surface area contributed by atoms with Crippen molar-refractivity contribution in [3.05, 3.63) is 23.7 Å². The summed E-state index contributed by atoms with van der Waals surface area (Å²) in [5, 5.41) is 3.32. The van der Waals surface area contributed by atoms with Crippen LogP contribution in [0.15, 0.2) is 16.5 Å². The molecule has 1 fully saturated rings. The summed E-state index contributed by atoms with van der Waals surface area (Å²) in [6.07, 6.45) is 5.37. The van der Waals surface area contributed by atoms with Crippen molar-refractivity contribution in [2.45, 2.75) is 51.9 Å². The topological polar surface area (TPSA) is 34.4 Å². The molecule has 0 atom stereocenters. The van der Waals surface area contributed by atoms with E-state index in [0.717, 1.165) is 31.0 Å². The van der Waals surface area contributed by atoms with Gasteiger partial charge in [-0.05, 0) is 44.4 Å². The lowest BCUT2D eigenvalue weighted by Crippen LogP contribution is -2.21. The molecule has 1 aromatic rings. The van der Waals surface area contributed by atoms with Crippen LogP contribution in [-0.2, 0) is 17.9 Å². The van der Waals surface area contributed by atoms with Crippen LogP contribution in [0, 0.1) is 0 Å². The smallest absolute Gasteiger partial charge is 0.129 e. The van der Waals surface area contributed by atoms with E-state index >= 15 is 0 Å². The molecule has 0 aromatic carbocycles. The Morgan fingerprint density at radius 3 is 2.88 bits per heavy atom. The van der Waals surface area contributed by atoms with Gasteiger partial charge in [-0.15, -0.1) is 0 Å². The minimum absolute atomic E-state index is 0.478. The lowest BCUT2D eigenvalue weighted by Gasteiger charge is -2.24. The minimum Gasteiger partial charge on any atom is -0.462 e. The van der Waals surface area contributed by atoms with E-state index in [9.17, 15) is 0 Å². The number of ether oxygens (including phenoxy) is 1. The molecule has 0 unspecified atom stereocenters. The third-order valence-corrected chi connectivity index (χ3v) is 2.96. The summed E-state index contributed by atoms with van der Waals surface area (Å²) in [5.41, 5.74) is 0. The van der Waals surface area contributed by atoms with Crippen LogP contribution in [0.5, 0.6) is 0 Å². The molecule has 1 saturated carbocycles. The Hall–Kier alpha value is -0.800. The van der Waals surface area contributed by atoms with Gasteiger partial charge >= 0.3 is 0 Å². The van der Waals surface area contributed by atoms with Gasteiger partial charge in [0.2, 0.25) is 0 Å². The van der Waals surface area contributed by atoms with E-state index in [1.165, 1.54) is 19.3 Å². The average Bonchev–Trinajstić information content (AvgIpc) is 2.64. The summed E-state index contributed by atoms with van der Waals surface area (Å²) in [4.78, 5) is 0. The van der Waals surface area contributed by atoms with Gasteiger partial charge in [0.05, 0.1) is 12.6 Å². The highest BCUT2D eigenvalue weighted by Crippen LogP contribution is 2.23. The SMILES string of the molecule is CCCNCc1ccc(COC2CCC2)o1. The van der Waals surface area contributed by atoms with Crippen molar-refractivity contribution in [3.8, 4) is 0 Å². The summed E-state index contributed by atoms with van der Waals surface area (Å²) < 4.78 is 11.4. The average molecular weight is 223 g/mol. The second-order valence-corrected chi connectivity index (χ2v) is 4.41. The maximum Gasteiger partial charge on any atom is 0.129 e. The van der Waals surface area contributed by atoms with Crippen LogP contribution in [0.2, 0.25) is 0 Å². The van der Waals surface area contributed by atoms with E-state index in [-0.39, 0.29) is 0 Å². The number of hydrogen-bond acceptors (Lipinski definition) is 3. The van der Waals surface area contributed by atoms with Crippen LogP contribution in [0.25, 0.3) is 0 Å². The van der Waals surface area contributed by atoms with Crippen molar-refractivity contribution in [3.63, 3.8) is 0 Å². The second kappa shape index (κ2) is 6.06. The van der Waals surface area contributed by atoms with Crippen LogP contribution in [0.3, 0.4) is 0 Å². The molecule has 0 amide bonds. The molecule has 0 saturated heterocycles. The van der Waals surface area contributed by atoms with Crippen molar-refractivity contribution in [1.82, 2.24) is 5.32 Å². The van der Waals surface area contributed by atoms with E-state index in [4.69, 9.17) is 9.15 Å². The first kappa shape index (κ1) is 11.7. The van der Waals surface area contributed by atoms with Crippen molar-refractivity contribution in [1.29, 1.82) is 0 Å². The van der Waals surface area contributed by atoms with Gasteiger partial charge in [-0.25, -0.2) is 0 Å². The van der Waals surface area contributed by atoms with Gasteiger partial charge in [0.1, 0.15) is 18.1 Å². The summed E-state index contributed by atoms with van der Waals surface area (Å²) in [5.74, 6) is 1.95. The van der Waals surface area contributed by atoms with Gasteiger partial charge in [0.15, 0.2) is 0 Å². The van der Waals surface area contributed by atoms with E-state index in [1.54, 1.807) is 0 Å². The molecule has 0 aliphatic heterocycles. The third-order valence-electron chi connectivity index (χ3n) is 2.96. The zero-order chi connectivity index (χ0) is 11.2. The molecule has 1 aliphatic rings. The molecule has 0 bridgehead atoms. The molecule has 3 heteroatoms. The highest BCUT2D eigenvalue weighted by Gasteiger charge is 2.18. The molecule has 90 valence electrons. The fraction of sp³-hybridized carbons (Fsp3) is 0.692. The molecule has 1 N–H and O–H groups in total. The Morgan fingerprint density at radius 1 is 1.38 bits per heavy atom. The highest BCUT2D eigenvalue weighted by molar-refractivity contribution is 5.06. The Labute approximate surface area is 97.2 Å². The summed E-state index contributed by atoms with van der Waals surface area (Å²) in [6, 6.07) is 4.05. The number of nitrogens with one attached hydrogen (secondary N) is 1. The first-order chi connectivity index (χ1) is 7.88. The second-order valence-electron chi connectivity index (χ2n) is 4.41. The summed E-state index contributed by atoms with van der Waals surface area (Å²) in [6.45, 7) is 4.64. The Morgan fingerprint density at radius 2 is 2.19 bits per heavy atom. The molecule has 1 heterocycles. The monoisotopic (exact) mass is 223 g/mol. The molecule has 2 rings (SSSR count). The molecule has 0 spiro atoms. The standard InChI is InChI=1S/C13H21NO2/c1-2-8-14-9-12-6-7-13(16-12)10-15-11-4-3-5-11/h6-7,11,14H,2-5,8-10H2,1H3. The van der Waals surface area contributed by atoms with Crippen molar-refractivity contribution >= 4 is 0 Å². The van der Waals surface area contributed by atoms with Crippen molar-refractivity contribution in [2.24, 2.45) is 0 Å². The number of hydrogen-bond donors (Lipinski definition) is 1. The molecule has 0 radical (unpaired) electrons. The van der Waals surface area contributed by atoms with Crippen LogP contribution in [-0.4, -0.2) is 12.6 Å². The lowest BCUT2D eigenvalue weighted by atomic mass is 9.96. The van der Waals surface area contributed by atoms with Gasteiger partial charge in [0, 0.05) is 0 Å². The Kier molecular flexibility index (Phi) is 4.43. The Balaban J connectivity index is 1.68. The molecule has 1 aromatic heterocycles. The van der Waals surface area contributed by atoms with Crippen molar-refractivity contribution < 1.29 is 9.15 Å². The fourth-order valence-electron chi connectivity index (χ4n) is 1.72. The molecular formula is C13H21NO2. The van der Waals surface area contributed by atoms with Gasteiger partial charge in [-0.2, -0.15) is 0 Å². The normalized spacial score (nSPS) is 16.3. The summed E-state index contributed by atoms with van der Waals surface area (Å²) in [7, 11) is 0. The van der Waals surface area contributed by atoms with Gasteiger partial charge in [-0.1, -0.05) is 6.92 Å². The largest absolute Gasteiger partial charge is 0.462 e. The minimum atomic E-state index is 0.478. The quantitative estimate of drug-likeness (QED) is 0.722. The van der Waals surface area contributed by atoms with Crippen molar-refractivity contribution in [2.75, 3.05) is 6.54 Å². The molecule has 3 nitrogen and oxygen atoms in total. The Bertz CT molecular complexity index is 305. The zero-order valence-electron chi connectivity index (χ0n) is 10.00. The fourth-order valence-corrected chi connectivity index (χ4v) is 1.72. The van der Waals surface area contributed by atoms with E-state index in [2.05, 4.69) is 12.2 Å². The maximum atomic E-state index is 5.69. The van der Waals surface area contributed by atoms with Crippen LogP contribution in [0.4, 0.5) is 0 Å². The van der Waals surface area contributed by atoms with Crippen LogP contribution < -0.4 is 5.32 Å². The van der Waals surface area contributed by atoms with Gasteiger partial charge in [0.25, 0.3) is 0 Å². The van der Waals surface area contributed by atoms with E-state index in [1.807, 2.05) is 12.1 Å². The van der Waals surface area contributed by atoms with Crippen LogP contribution >= 0.6 is 0 Å².